The van der Waals surface area contributed by atoms with Crippen molar-refractivity contribution in [3.05, 3.63) is 91.7 Å². The van der Waals surface area contributed by atoms with Crippen molar-refractivity contribution in [1.82, 2.24) is 14.7 Å². The minimum Gasteiger partial charge on any atom is -0.497 e. The summed E-state index contributed by atoms with van der Waals surface area (Å²) in [5.41, 5.74) is 2.81. The third-order valence-electron chi connectivity index (χ3n) is 4.29. The Hall–Kier alpha value is -3.60. The third kappa shape index (κ3) is 4.04. The molecule has 0 N–H and O–H groups in total. The van der Waals surface area contributed by atoms with Gasteiger partial charge in [0.1, 0.15) is 11.4 Å². The number of hydrogen-bond acceptors (Lipinski definition) is 3. The largest absolute Gasteiger partial charge is 0.497 e. The molecule has 1 amide bonds. The van der Waals surface area contributed by atoms with Crippen LogP contribution in [-0.4, -0.2) is 40.8 Å². The number of ether oxygens (including phenoxy) is 1. The van der Waals surface area contributed by atoms with Gasteiger partial charge in [-0.1, -0.05) is 42.5 Å². The Labute approximate surface area is 165 Å². The number of nitrogens with zero attached hydrogens (tertiary/aromatic N) is 3. The van der Waals surface area contributed by atoms with E-state index in [1.54, 1.807) is 35.0 Å². The Bertz CT molecular complexity index is 967. The summed E-state index contributed by atoms with van der Waals surface area (Å²) in [5, 5.41) is 4.71. The zero-order valence-corrected chi connectivity index (χ0v) is 15.9. The van der Waals surface area contributed by atoms with Crippen molar-refractivity contribution in [2.75, 3.05) is 20.2 Å². The number of carbonyl (C=O) groups is 1. The van der Waals surface area contributed by atoms with Crippen molar-refractivity contribution >= 4 is 5.91 Å². The van der Waals surface area contributed by atoms with Crippen LogP contribution in [0.5, 0.6) is 5.75 Å². The summed E-state index contributed by atoms with van der Waals surface area (Å²) in [5.74, 6) is 0.582. The van der Waals surface area contributed by atoms with Gasteiger partial charge in [0.2, 0.25) is 0 Å². The fraction of sp³-hybridized carbons (Fsp3) is 0.130. The molecule has 1 aromatic heterocycles. The molecule has 0 saturated heterocycles. The quantitative estimate of drug-likeness (QED) is 0.551. The molecule has 28 heavy (non-hydrogen) atoms. The average Bonchev–Trinajstić information content (AvgIpc) is 3.19. The standard InChI is InChI=1S/C23H23N3O2/c1-4-14-25(15-5-2)23(27)21-17-26(19-11-7-6-8-12-19)24-22(21)18-10-9-13-20(16-18)28-3/h4-13,16-17H,1-2,14-15H2,3H3. The van der Waals surface area contributed by atoms with E-state index in [0.29, 0.717) is 30.1 Å². The van der Waals surface area contributed by atoms with Crippen LogP contribution in [0.15, 0.2) is 86.1 Å². The van der Waals surface area contributed by atoms with Crippen LogP contribution in [0.2, 0.25) is 0 Å². The number of hydrogen-bond donors (Lipinski definition) is 0. The van der Waals surface area contributed by atoms with Crippen LogP contribution < -0.4 is 4.74 Å². The number of aromatic nitrogens is 2. The Morgan fingerprint density at radius 3 is 2.46 bits per heavy atom. The molecule has 142 valence electrons. The van der Waals surface area contributed by atoms with Crippen LogP contribution in [-0.2, 0) is 0 Å². The van der Waals surface area contributed by atoms with Crippen LogP contribution in [0, 0.1) is 0 Å². The summed E-state index contributed by atoms with van der Waals surface area (Å²) >= 11 is 0. The van der Waals surface area contributed by atoms with Gasteiger partial charge in [0.15, 0.2) is 0 Å². The first-order valence-corrected chi connectivity index (χ1v) is 8.98. The molecule has 0 saturated carbocycles. The summed E-state index contributed by atoms with van der Waals surface area (Å²) in [4.78, 5) is 14.9. The monoisotopic (exact) mass is 373 g/mol. The van der Waals surface area contributed by atoms with Gasteiger partial charge in [-0.05, 0) is 24.3 Å². The molecule has 0 fully saturated rings. The molecule has 0 unspecified atom stereocenters. The molecule has 0 aliphatic rings. The molecule has 2 aromatic carbocycles. The highest BCUT2D eigenvalue weighted by Gasteiger charge is 2.22. The van der Waals surface area contributed by atoms with E-state index in [2.05, 4.69) is 13.2 Å². The van der Waals surface area contributed by atoms with Crippen molar-refractivity contribution < 1.29 is 9.53 Å². The highest BCUT2D eigenvalue weighted by molar-refractivity contribution is 6.00. The van der Waals surface area contributed by atoms with E-state index in [0.717, 1.165) is 11.3 Å². The van der Waals surface area contributed by atoms with Crippen molar-refractivity contribution in [3.8, 4) is 22.7 Å². The summed E-state index contributed by atoms with van der Waals surface area (Å²) in [6.07, 6.45) is 5.17. The van der Waals surface area contributed by atoms with Gasteiger partial charge in [0.05, 0.1) is 18.4 Å². The van der Waals surface area contributed by atoms with Gasteiger partial charge in [0.25, 0.3) is 5.91 Å². The second-order valence-electron chi connectivity index (χ2n) is 6.19. The zero-order chi connectivity index (χ0) is 19.9. The molecule has 0 spiro atoms. The summed E-state index contributed by atoms with van der Waals surface area (Å²) in [6, 6.07) is 17.2. The van der Waals surface area contributed by atoms with Crippen molar-refractivity contribution in [2.24, 2.45) is 0 Å². The topological polar surface area (TPSA) is 47.4 Å². The first-order chi connectivity index (χ1) is 13.7. The number of para-hydroxylation sites is 1. The third-order valence-corrected chi connectivity index (χ3v) is 4.29. The van der Waals surface area contributed by atoms with Crippen LogP contribution in [0.1, 0.15) is 10.4 Å². The molecule has 0 aliphatic carbocycles. The van der Waals surface area contributed by atoms with Gasteiger partial charge >= 0.3 is 0 Å². The number of amides is 1. The SMILES string of the molecule is C=CCN(CC=C)C(=O)c1cn(-c2ccccc2)nc1-c1cccc(OC)c1. The van der Waals surface area contributed by atoms with Gasteiger partial charge in [-0.25, -0.2) is 4.68 Å². The van der Waals surface area contributed by atoms with Gasteiger partial charge in [-0.3, -0.25) is 4.79 Å². The Balaban J connectivity index is 2.13. The Morgan fingerprint density at radius 1 is 1.11 bits per heavy atom. The zero-order valence-electron chi connectivity index (χ0n) is 15.9. The number of carbonyl (C=O) groups excluding carboxylic acids is 1. The summed E-state index contributed by atoms with van der Waals surface area (Å²) in [6.45, 7) is 8.36. The lowest BCUT2D eigenvalue weighted by molar-refractivity contribution is 0.0791. The fourth-order valence-electron chi connectivity index (χ4n) is 2.95. The van der Waals surface area contributed by atoms with E-state index in [4.69, 9.17) is 9.84 Å². The van der Waals surface area contributed by atoms with Crippen molar-refractivity contribution in [2.45, 2.75) is 0 Å². The minimum absolute atomic E-state index is 0.125. The van der Waals surface area contributed by atoms with Gasteiger partial charge in [-0.15, -0.1) is 13.2 Å². The van der Waals surface area contributed by atoms with Gasteiger partial charge in [0, 0.05) is 24.8 Å². The molecular formula is C23H23N3O2. The molecule has 0 bridgehead atoms. The molecule has 0 aliphatic heterocycles. The first-order valence-electron chi connectivity index (χ1n) is 8.98. The lowest BCUT2D eigenvalue weighted by Gasteiger charge is -2.19. The van der Waals surface area contributed by atoms with E-state index in [-0.39, 0.29) is 5.91 Å². The lowest BCUT2D eigenvalue weighted by atomic mass is 10.1. The van der Waals surface area contributed by atoms with E-state index in [1.165, 1.54) is 0 Å². The highest BCUT2D eigenvalue weighted by atomic mass is 16.5. The van der Waals surface area contributed by atoms with E-state index in [9.17, 15) is 4.79 Å². The summed E-state index contributed by atoms with van der Waals surface area (Å²) in [7, 11) is 1.61. The molecule has 3 aromatic rings. The first kappa shape index (κ1) is 19.2. The van der Waals surface area contributed by atoms with E-state index < -0.39 is 0 Å². The molecule has 0 atom stereocenters. The molecule has 1 heterocycles. The highest BCUT2D eigenvalue weighted by Crippen LogP contribution is 2.28. The van der Waals surface area contributed by atoms with Gasteiger partial charge in [-0.2, -0.15) is 5.10 Å². The second kappa shape index (κ2) is 8.86. The molecule has 5 nitrogen and oxygen atoms in total. The lowest BCUT2D eigenvalue weighted by Crippen LogP contribution is -2.31. The number of benzene rings is 2. The molecule has 5 heteroatoms. The maximum atomic E-state index is 13.3. The molecule has 3 rings (SSSR count). The number of methoxy groups -OCH3 is 1. The summed E-state index contributed by atoms with van der Waals surface area (Å²) < 4.78 is 7.06. The maximum absolute atomic E-state index is 13.3. The predicted molar refractivity (Wildman–Crippen MR) is 112 cm³/mol. The Morgan fingerprint density at radius 2 is 1.82 bits per heavy atom. The van der Waals surface area contributed by atoms with E-state index >= 15 is 0 Å². The maximum Gasteiger partial charge on any atom is 0.258 e. The van der Waals surface area contributed by atoms with E-state index in [1.807, 2.05) is 54.6 Å². The van der Waals surface area contributed by atoms with Crippen LogP contribution >= 0.6 is 0 Å². The number of rotatable bonds is 8. The van der Waals surface area contributed by atoms with Gasteiger partial charge < -0.3 is 9.64 Å². The van der Waals surface area contributed by atoms with Crippen molar-refractivity contribution in [1.29, 1.82) is 0 Å². The normalized spacial score (nSPS) is 10.3. The Kier molecular flexibility index (Phi) is 6.07. The second-order valence-corrected chi connectivity index (χ2v) is 6.19. The molecule has 0 radical (unpaired) electrons. The van der Waals surface area contributed by atoms with Crippen molar-refractivity contribution in [3.63, 3.8) is 0 Å². The van der Waals surface area contributed by atoms with Crippen LogP contribution in [0.4, 0.5) is 0 Å². The van der Waals surface area contributed by atoms with Crippen LogP contribution in [0.25, 0.3) is 16.9 Å². The molecular weight excluding hydrogens is 350 g/mol. The minimum atomic E-state index is -0.125. The smallest absolute Gasteiger partial charge is 0.258 e. The fourth-order valence-corrected chi connectivity index (χ4v) is 2.95. The van der Waals surface area contributed by atoms with Crippen LogP contribution in [0.3, 0.4) is 0 Å². The average molecular weight is 373 g/mol. The predicted octanol–water partition coefficient (Wildman–Crippen LogP) is 4.36.